The van der Waals surface area contributed by atoms with E-state index < -0.39 is 60.1 Å². The van der Waals surface area contributed by atoms with Crippen LogP contribution in [0.2, 0.25) is 10.3 Å². The zero-order valence-corrected chi connectivity index (χ0v) is 25.0. The quantitative estimate of drug-likeness (QED) is 0.0856. The Morgan fingerprint density at radius 1 is 0.739 bits per heavy atom. The summed E-state index contributed by atoms with van der Waals surface area (Å²) in [7, 11) is -3.44. The molecule has 0 unspecified atom stereocenters. The number of methoxy groups -OCH3 is 2. The molecular formula is C21H19Cl2F9N2O11S. The Balaban J connectivity index is 0.000000679. The molecule has 0 amide bonds. The van der Waals surface area contributed by atoms with E-state index in [4.69, 9.17) is 33.0 Å². The van der Waals surface area contributed by atoms with E-state index in [-0.39, 0.29) is 39.8 Å². The summed E-state index contributed by atoms with van der Waals surface area (Å²) in [5.41, 5.74) is -5.63. The van der Waals surface area contributed by atoms with Gasteiger partial charge in [-0.15, -0.1) is 26.3 Å². The summed E-state index contributed by atoms with van der Waals surface area (Å²) in [6.45, 7) is -3.77. The predicted octanol–water partition coefficient (Wildman–Crippen LogP) is 5.05. The number of pyridine rings is 2. The fraction of sp³-hybridized carbons (Fsp3) is 0.429. The highest BCUT2D eigenvalue weighted by Crippen LogP contribution is 2.25. The highest BCUT2D eigenvalue weighted by molar-refractivity contribution is 7.87. The summed E-state index contributed by atoms with van der Waals surface area (Å²) in [5.74, 6) is -1.39. The van der Waals surface area contributed by atoms with E-state index in [1.54, 1.807) is 0 Å². The molecule has 262 valence electrons. The smallest absolute Gasteiger partial charge is 0.505 e. The van der Waals surface area contributed by atoms with Gasteiger partial charge < -0.3 is 19.3 Å². The van der Waals surface area contributed by atoms with Gasteiger partial charge in [-0.1, -0.05) is 23.2 Å². The Bertz CT molecular complexity index is 1390. The zero-order valence-electron chi connectivity index (χ0n) is 22.6. The third kappa shape index (κ3) is 17.4. The van der Waals surface area contributed by atoms with Gasteiger partial charge in [0.15, 0.2) is 21.8 Å². The van der Waals surface area contributed by atoms with Gasteiger partial charge in [0.2, 0.25) is 0 Å². The van der Waals surface area contributed by atoms with Gasteiger partial charge in [0.1, 0.15) is 18.0 Å². The molecule has 0 fully saturated rings. The van der Waals surface area contributed by atoms with Gasteiger partial charge in [0.25, 0.3) is 0 Å². The van der Waals surface area contributed by atoms with Crippen molar-refractivity contribution in [2.75, 3.05) is 40.6 Å². The van der Waals surface area contributed by atoms with Crippen LogP contribution in [0.3, 0.4) is 0 Å². The second kappa shape index (κ2) is 18.7. The normalized spacial score (nSPS) is 11.8. The van der Waals surface area contributed by atoms with Gasteiger partial charge in [-0.05, 0) is 24.3 Å². The monoisotopic (exact) mass is 748 g/mol. The SMILES string of the molecule is COC(=O)c1ccc(O)c(Cl)n1.COC(=O)c1ccc(OCCOC(F)(F)F)c(Cl)n1.O=S(=O)(OCCOC(F)(F)F)C(F)(F)F. The number of alkyl halides is 9. The lowest BCUT2D eigenvalue weighted by molar-refractivity contribution is -0.326. The summed E-state index contributed by atoms with van der Waals surface area (Å²) in [5, 5.41) is 8.68. The van der Waals surface area contributed by atoms with E-state index in [1.807, 2.05) is 0 Å². The number of rotatable bonds is 10. The van der Waals surface area contributed by atoms with Crippen LogP contribution in [0, 0.1) is 0 Å². The summed E-state index contributed by atoms with van der Waals surface area (Å²) in [6, 6.07) is 5.18. The Morgan fingerprint density at radius 3 is 1.57 bits per heavy atom. The number of halogens is 11. The molecule has 0 radical (unpaired) electrons. The van der Waals surface area contributed by atoms with E-state index in [1.165, 1.54) is 38.5 Å². The first kappa shape index (κ1) is 42.6. The molecule has 0 aromatic carbocycles. The van der Waals surface area contributed by atoms with E-state index in [0.717, 1.165) is 0 Å². The van der Waals surface area contributed by atoms with Crippen molar-refractivity contribution in [2.24, 2.45) is 0 Å². The number of carbonyl (C=O) groups is 2. The number of aromatic nitrogens is 2. The average Bonchev–Trinajstić information content (AvgIpc) is 2.93. The van der Waals surface area contributed by atoms with Crippen molar-refractivity contribution in [1.82, 2.24) is 9.97 Å². The second-order valence-corrected chi connectivity index (χ2v) is 9.46. The van der Waals surface area contributed by atoms with E-state index in [9.17, 15) is 57.5 Å². The van der Waals surface area contributed by atoms with Crippen LogP contribution in [-0.4, -0.2) is 94.3 Å². The van der Waals surface area contributed by atoms with E-state index >= 15 is 0 Å². The molecule has 2 heterocycles. The largest absolute Gasteiger partial charge is 0.523 e. The third-order valence-electron chi connectivity index (χ3n) is 3.91. The molecule has 0 aliphatic carbocycles. The third-order valence-corrected chi connectivity index (χ3v) is 5.50. The first-order chi connectivity index (χ1) is 20.9. The predicted molar refractivity (Wildman–Crippen MR) is 133 cm³/mol. The molecule has 0 atom stereocenters. The first-order valence-electron chi connectivity index (χ1n) is 11.1. The molecule has 2 aromatic heterocycles. The summed E-state index contributed by atoms with van der Waals surface area (Å²) in [4.78, 5) is 29.2. The van der Waals surface area contributed by atoms with Crippen LogP contribution in [0.5, 0.6) is 11.5 Å². The number of aromatic hydroxyl groups is 1. The molecule has 13 nitrogen and oxygen atoms in total. The van der Waals surface area contributed by atoms with Gasteiger partial charge in [-0.2, -0.15) is 21.6 Å². The number of hydrogen-bond donors (Lipinski definition) is 1. The summed E-state index contributed by atoms with van der Waals surface area (Å²) >= 11 is 11.1. The standard InChI is InChI=1S/C10H9ClF3NO4.C7H6ClNO3.C4H4F6O4S/c1-17-9(16)6-2-3-7(8(11)15-6)18-4-5-19-10(12,13)14;1-12-7(11)4-2-3-5(10)6(8)9-4;5-3(6,7)13-1-2-14-15(11,12)4(8,9)10/h2-3H,4-5H2,1H3;2-3,10H,1H3;1-2H2. The molecule has 0 saturated heterocycles. The van der Waals surface area contributed by atoms with Crippen molar-refractivity contribution < 1.29 is 90.5 Å². The molecule has 0 saturated carbocycles. The lowest BCUT2D eigenvalue weighted by Gasteiger charge is -2.10. The van der Waals surface area contributed by atoms with Crippen molar-refractivity contribution in [3.05, 3.63) is 46.0 Å². The number of hydrogen-bond acceptors (Lipinski definition) is 13. The van der Waals surface area contributed by atoms with Crippen LogP contribution in [0.4, 0.5) is 39.5 Å². The highest BCUT2D eigenvalue weighted by atomic mass is 35.5. The zero-order chi connectivity index (χ0) is 35.9. The second-order valence-electron chi connectivity index (χ2n) is 7.13. The van der Waals surface area contributed by atoms with Crippen molar-refractivity contribution >= 4 is 45.3 Å². The van der Waals surface area contributed by atoms with Crippen LogP contribution >= 0.6 is 23.2 Å². The van der Waals surface area contributed by atoms with Crippen LogP contribution in [0.25, 0.3) is 0 Å². The topological polar surface area (TPSA) is 170 Å². The Labute approximate surface area is 262 Å². The molecule has 2 aromatic rings. The Hall–Kier alpha value is -3.38. The maximum atomic E-state index is 11.7. The van der Waals surface area contributed by atoms with Gasteiger partial charge in [0.05, 0.1) is 34.0 Å². The van der Waals surface area contributed by atoms with Crippen molar-refractivity contribution in [3.8, 4) is 11.5 Å². The minimum atomic E-state index is -5.86. The number of esters is 2. The van der Waals surface area contributed by atoms with E-state index in [2.05, 4.69) is 33.1 Å². The number of carbonyl (C=O) groups excluding carboxylic acids is 2. The summed E-state index contributed by atoms with van der Waals surface area (Å²) in [6.07, 6.45) is -9.76. The summed E-state index contributed by atoms with van der Waals surface area (Å²) < 4.78 is 147. The van der Waals surface area contributed by atoms with Gasteiger partial charge >= 0.3 is 40.3 Å². The van der Waals surface area contributed by atoms with Gasteiger partial charge in [0, 0.05) is 0 Å². The lowest BCUT2D eigenvalue weighted by Crippen LogP contribution is -2.27. The minimum Gasteiger partial charge on any atom is -0.505 e. The number of ether oxygens (including phenoxy) is 5. The molecule has 1 N–H and O–H groups in total. The Kier molecular flexibility index (Phi) is 17.3. The van der Waals surface area contributed by atoms with Gasteiger partial charge in [-0.25, -0.2) is 19.6 Å². The van der Waals surface area contributed by atoms with Crippen molar-refractivity contribution in [3.63, 3.8) is 0 Å². The molecular weight excluding hydrogens is 730 g/mol. The van der Waals surface area contributed by atoms with Gasteiger partial charge in [-0.3, -0.25) is 13.7 Å². The molecule has 0 bridgehead atoms. The van der Waals surface area contributed by atoms with Crippen LogP contribution in [-0.2, 0) is 33.2 Å². The van der Waals surface area contributed by atoms with Crippen molar-refractivity contribution in [1.29, 1.82) is 0 Å². The Morgan fingerprint density at radius 2 is 1.17 bits per heavy atom. The lowest BCUT2D eigenvalue weighted by atomic mass is 10.3. The fourth-order valence-corrected chi connectivity index (χ4v) is 2.85. The average molecular weight is 749 g/mol. The first-order valence-corrected chi connectivity index (χ1v) is 13.3. The maximum Gasteiger partial charge on any atom is 0.523 e. The molecule has 0 aliphatic rings. The molecule has 0 spiro atoms. The molecule has 46 heavy (non-hydrogen) atoms. The highest BCUT2D eigenvalue weighted by Gasteiger charge is 2.47. The van der Waals surface area contributed by atoms with Crippen LogP contribution in [0.15, 0.2) is 24.3 Å². The minimum absolute atomic E-state index is 0.0357. The molecule has 2 rings (SSSR count). The maximum absolute atomic E-state index is 11.7. The number of nitrogens with zero attached hydrogens (tertiary/aromatic N) is 2. The van der Waals surface area contributed by atoms with E-state index in [0.29, 0.717) is 0 Å². The van der Waals surface area contributed by atoms with Crippen LogP contribution < -0.4 is 4.74 Å². The fourth-order valence-electron chi connectivity index (χ4n) is 2.07. The molecule has 25 heteroatoms. The van der Waals surface area contributed by atoms with Crippen LogP contribution in [0.1, 0.15) is 21.0 Å². The molecule has 0 aliphatic heterocycles. The van der Waals surface area contributed by atoms with Crippen molar-refractivity contribution in [2.45, 2.75) is 18.2 Å².